The molecule has 0 saturated carbocycles. The van der Waals surface area contributed by atoms with Gasteiger partial charge in [0.15, 0.2) is 0 Å². The highest BCUT2D eigenvalue weighted by Crippen LogP contribution is 2.20. The van der Waals surface area contributed by atoms with Crippen molar-refractivity contribution in [2.24, 2.45) is 7.05 Å². The fourth-order valence-corrected chi connectivity index (χ4v) is 2.29. The van der Waals surface area contributed by atoms with Crippen LogP contribution in [-0.4, -0.2) is 44.8 Å². The molecule has 0 aromatic carbocycles. The van der Waals surface area contributed by atoms with Crippen molar-refractivity contribution >= 4 is 5.97 Å². The Morgan fingerprint density at radius 1 is 1.50 bits per heavy atom. The summed E-state index contributed by atoms with van der Waals surface area (Å²) in [6.45, 7) is 5.76. The maximum Gasteiger partial charge on any atom is 0.323 e. The van der Waals surface area contributed by atoms with Gasteiger partial charge in [0, 0.05) is 7.05 Å². The first-order valence-electron chi connectivity index (χ1n) is 6.39. The SMILES string of the molecule is CCOC(=O)C1CCCN1Cc1nnc(C)n1C. The molecule has 1 saturated heterocycles. The number of carbonyl (C=O) groups is 1. The molecular formula is C12H20N4O2. The van der Waals surface area contributed by atoms with Crippen molar-refractivity contribution in [2.45, 2.75) is 39.3 Å². The van der Waals surface area contributed by atoms with Gasteiger partial charge in [-0.25, -0.2) is 0 Å². The highest BCUT2D eigenvalue weighted by atomic mass is 16.5. The van der Waals surface area contributed by atoms with Gasteiger partial charge in [0.2, 0.25) is 0 Å². The summed E-state index contributed by atoms with van der Waals surface area (Å²) in [5.41, 5.74) is 0. The fourth-order valence-electron chi connectivity index (χ4n) is 2.29. The second-order valence-electron chi connectivity index (χ2n) is 4.60. The van der Waals surface area contributed by atoms with Crippen LogP contribution in [0.1, 0.15) is 31.4 Å². The predicted octanol–water partition coefficient (Wildman–Crippen LogP) is 0.651. The zero-order valence-corrected chi connectivity index (χ0v) is 11.2. The monoisotopic (exact) mass is 252 g/mol. The Balaban J connectivity index is 2.04. The van der Waals surface area contributed by atoms with Gasteiger partial charge in [-0.2, -0.15) is 0 Å². The van der Waals surface area contributed by atoms with E-state index in [1.165, 1.54) is 0 Å². The number of hydrogen-bond acceptors (Lipinski definition) is 5. The Hall–Kier alpha value is -1.43. The summed E-state index contributed by atoms with van der Waals surface area (Å²) < 4.78 is 7.06. The standard InChI is InChI=1S/C12H20N4O2/c1-4-18-12(17)10-6-5-7-16(10)8-11-14-13-9(2)15(11)3/h10H,4-8H2,1-3H3. The van der Waals surface area contributed by atoms with Crippen LogP contribution in [0.25, 0.3) is 0 Å². The van der Waals surface area contributed by atoms with E-state index in [0.29, 0.717) is 13.2 Å². The van der Waals surface area contributed by atoms with Crippen molar-refractivity contribution < 1.29 is 9.53 Å². The molecule has 1 aromatic heterocycles. The molecule has 18 heavy (non-hydrogen) atoms. The molecule has 6 nitrogen and oxygen atoms in total. The van der Waals surface area contributed by atoms with Gasteiger partial charge in [-0.15, -0.1) is 10.2 Å². The van der Waals surface area contributed by atoms with Crippen LogP contribution >= 0.6 is 0 Å². The summed E-state index contributed by atoms with van der Waals surface area (Å²) in [6, 6.07) is -0.123. The average molecular weight is 252 g/mol. The van der Waals surface area contributed by atoms with E-state index in [1.54, 1.807) is 0 Å². The van der Waals surface area contributed by atoms with E-state index in [4.69, 9.17) is 4.74 Å². The van der Waals surface area contributed by atoms with Crippen molar-refractivity contribution in [3.8, 4) is 0 Å². The minimum absolute atomic E-state index is 0.117. The molecule has 0 amide bonds. The maximum absolute atomic E-state index is 11.8. The average Bonchev–Trinajstić information content (AvgIpc) is 2.92. The van der Waals surface area contributed by atoms with E-state index < -0.39 is 0 Å². The first-order chi connectivity index (χ1) is 8.63. The van der Waals surface area contributed by atoms with E-state index in [2.05, 4.69) is 15.1 Å². The number of esters is 1. The molecule has 1 fully saturated rings. The van der Waals surface area contributed by atoms with Crippen LogP contribution in [0.4, 0.5) is 0 Å². The number of rotatable bonds is 4. The molecular weight excluding hydrogens is 232 g/mol. The number of likely N-dealkylation sites (tertiary alicyclic amines) is 1. The third-order valence-electron chi connectivity index (χ3n) is 3.45. The lowest BCUT2D eigenvalue weighted by molar-refractivity contribution is -0.148. The molecule has 0 N–H and O–H groups in total. The third kappa shape index (κ3) is 2.53. The van der Waals surface area contributed by atoms with Crippen molar-refractivity contribution in [3.05, 3.63) is 11.6 Å². The molecule has 1 aliphatic rings. The maximum atomic E-state index is 11.8. The second kappa shape index (κ2) is 5.48. The van der Waals surface area contributed by atoms with Gasteiger partial charge >= 0.3 is 5.97 Å². The highest BCUT2D eigenvalue weighted by molar-refractivity contribution is 5.76. The molecule has 6 heteroatoms. The van der Waals surface area contributed by atoms with Crippen LogP contribution in [-0.2, 0) is 23.1 Å². The minimum atomic E-state index is -0.123. The van der Waals surface area contributed by atoms with E-state index in [9.17, 15) is 4.79 Å². The quantitative estimate of drug-likeness (QED) is 0.736. The molecule has 1 aliphatic heterocycles. The summed E-state index contributed by atoms with van der Waals surface area (Å²) in [7, 11) is 1.94. The largest absolute Gasteiger partial charge is 0.465 e. The van der Waals surface area contributed by atoms with Crippen molar-refractivity contribution in [3.63, 3.8) is 0 Å². The van der Waals surface area contributed by atoms with E-state index in [0.717, 1.165) is 31.0 Å². The van der Waals surface area contributed by atoms with Crippen LogP contribution in [0, 0.1) is 6.92 Å². The van der Waals surface area contributed by atoms with Crippen molar-refractivity contribution in [1.29, 1.82) is 0 Å². The third-order valence-corrected chi connectivity index (χ3v) is 3.45. The Bertz CT molecular complexity index is 430. The predicted molar refractivity (Wildman–Crippen MR) is 65.8 cm³/mol. The van der Waals surface area contributed by atoms with Gasteiger partial charge in [0.05, 0.1) is 13.2 Å². The van der Waals surface area contributed by atoms with Crippen LogP contribution in [0.15, 0.2) is 0 Å². The number of carbonyl (C=O) groups excluding carboxylic acids is 1. The van der Waals surface area contributed by atoms with E-state index >= 15 is 0 Å². The number of aromatic nitrogens is 3. The van der Waals surface area contributed by atoms with Gasteiger partial charge in [-0.05, 0) is 33.2 Å². The van der Waals surface area contributed by atoms with Gasteiger partial charge in [0.1, 0.15) is 17.7 Å². The summed E-state index contributed by atoms with van der Waals surface area (Å²) in [5.74, 6) is 1.66. The lowest BCUT2D eigenvalue weighted by Gasteiger charge is -2.22. The normalized spacial score (nSPS) is 20.3. The van der Waals surface area contributed by atoms with Crippen LogP contribution in [0.3, 0.4) is 0 Å². The molecule has 2 heterocycles. The number of nitrogens with zero attached hydrogens (tertiary/aromatic N) is 4. The molecule has 0 bridgehead atoms. The summed E-state index contributed by atoms with van der Waals surface area (Å²) >= 11 is 0. The summed E-state index contributed by atoms with van der Waals surface area (Å²) in [5, 5.41) is 8.17. The van der Waals surface area contributed by atoms with Gasteiger partial charge in [-0.3, -0.25) is 9.69 Å². The smallest absolute Gasteiger partial charge is 0.323 e. The second-order valence-corrected chi connectivity index (χ2v) is 4.60. The fraction of sp³-hybridized carbons (Fsp3) is 0.750. The number of ether oxygens (including phenoxy) is 1. The van der Waals surface area contributed by atoms with E-state index in [-0.39, 0.29) is 12.0 Å². The Morgan fingerprint density at radius 2 is 2.28 bits per heavy atom. The van der Waals surface area contributed by atoms with Crippen molar-refractivity contribution in [2.75, 3.05) is 13.2 Å². The van der Waals surface area contributed by atoms with Crippen LogP contribution in [0.5, 0.6) is 0 Å². The minimum Gasteiger partial charge on any atom is -0.465 e. The van der Waals surface area contributed by atoms with Gasteiger partial charge in [0.25, 0.3) is 0 Å². The molecule has 0 radical (unpaired) electrons. The van der Waals surface area contributed by atoms with Crippen LogP contribution in [0.2, 0.25) is 0 Å². The Morgan fingerprint density at radius 3 is 2.89 bits per heavy atom. The van der Waals surface area contributed by atoms with Crippen LogP contribution < -0.4 is 0 Å². The first kappa shape index (κ1) is 13.0. The molecule has 1 aromatic rings. The molecule has 0 spiro atoms. The molecule has 1 unspecified atom stereocenters. The zero-order chi connectivity index (χ0) is 13.1. The first-order valence-corrected chi connectivity index (χ1v) is 6.39. The Kier molecular flexibility index (Phi) is 3.96. The lowest BCUT2D eigenvalue weighted by atomic mass is 10.2. The molecule has 2 rings (SSSR count). The topological polar surface area (TPSA) is 60.2 Å². The summed E-state index contributed by atoms with van der Waals surface area (Å²) in [4.78, 5) is 14.0. The number of hydrogen-bond donors (Lipinski definition) is 0. The van der Waals surface area contributed by atoms with Crippen molar-refractivity contribution in [1.82, 2.24) is 19.7 Å². The lowest BCUT2D eigenvalue weighted by Crippen LogP contribution is -2.37. The molecule has 0 aliphatic carbocycles. The Labute approximate surface area is 107 Å². The van der Waals surface area contributed by atoms with E-state index in [1.807, 2.05) is 25.5 Å². The number of aryl methyl sites for hydroxylation is 1. The highest BCUT2D eigenvalue weighted by Gasteiger charge is 2.32. The molecule has 1 atom stereocenters. The zero-order valence-electron chi connectivity index (χ0n) is 11.2. The van der Waals surface area contributed by atoms with Gasteiger partial charge < -0.3 is 9.30 Å². The summed E-state index contributed by atoms with van der Waals surface area (Å²) in [6.07, 6.45) is 1.90. The molecule has 100 valence electrons. The van der Waals surface area contributed by atoms with Gasteiger partial charge in [-0.1, -0.05) is 0 Å².